The minimum atomic E-state index is -0.337. The number of aliphatic hydroxyl groups excluding tert-OH is 1. The molecule has 1 aromatic rings. The average Bonchev–Trinajstić information content (AvgIpc) is 2.77. The quantitative estimate of drug-likeness (QED) is 0.792. The highest BCUT2D eigenvalue weighted by Crippen LogP contribution is 2.50. The van der Waals surface area contributed by atoms with Crippen molar-refractivity contribution in [2.75, 3.05) is 13.2 Å². The van der Waals surface area contributed by atoms with E-state index in [-0.39, 0.29) is 18.1 Å². The lowest BCUT2D eigenvalue weighted by atomic mass is 9.82. The smallest absolute Gasteiger partial charge is 0.114 e. The molecule has 0 saturated heterocycles. The molecule has 1 atom stereocenters. The Hall–Kier alpha value is -2.27. The maximum Gasteiger partial charge on any atom is 0.114 e. The second-order valence-corrected chi connectivity index (χ2v) is 5.98. The van der Waals surface area contributed by atoms with E-state index < -0.39 is 0 Å². The van der Waals surface area contributed by atoms with E-state index in [0.717, 1.165) is 16.8 Å². The first kappa shape index (κ1) is 17.1. The number of rotatable bonds is 6. The van der Waals surface area contributed by atoms with Crippen LogP contribution in [0.2, 0.25) is 0 Å². The zero-order valence-electron chi connectivity index (χ0n) is 14.0. The van der Waals surface area contributed by atoms with E-state index in [4.69, 9.17) is 10.6 Å². The van der Waals surface area contributed by atoms with Crippen molar-refractivity contribution < 1.29 is 9.94 Å². The molecule has 0 radical (unpaired) electrons. The Kier molecular flexibility index (Phi) is 5.11. The van der Waals surface area contributed by atoms with Crippen LogP contribution in [0.15, 0.2) is 54.1 Å². The molecular weight excluding hydrogens is 290 g/mol. The van der Waals surface area contributed by atoms with Crippen molar-refractivity contribution in [1.82, 2.24) is 4.90 Å². The van der Waals surface area contributed by atoms with Gasteiger partial charge >= 0.3 is 0 Å². The summed E-state index contributed by atoms with van der Waals surface area (Å²) in [5.74, 6) is 0. The SMILES string of the molecule is C=CN(/C(=C\N)CO)C1c2ccccc2/C(=N\OCC)C1(C)C. The number of hydrogen-bond acceptors (Lipinski definition) is 5. The fourth-order valence-corrected chi connectivity index (χ4v) is 3.22. The monoisotopic (exact) mass is 315 g/mol. The van der Waals surface area contributed by atoms with Crippen molar-refractivity contribution in [2.45, 2.75) is 26.8 Å². The maximum absolute atomic E-state index is 9.62. The Morgan fingerprint density at radius 3 is 2.74 bits per heavy atom. The zero-order valence-corrected chi connectivity index (χ0v) is 14.0. The molecule has 0 aromatic heterocycles. The highest BCUT2D eigenvalue weighted by Gasteiger charge is 2.47. The number of fused-ring (bicyclic) bond motifs is 1. The third-order valence-electron chi connectivity index (χ3n) is 4.25. The molecule has 5 heteroatoms. The van der Waals surface area contributed by atoms with E-state index >= 15 is 0 Å². The van der Waals surface area contributed by atoms with Gasteiger partial charge in [-0.05, 0) is 18.7 Å². The molecule has 1 aliphatic rings. The molecule has 1 aliphatic carbocycles. The van der Waals surface area contributed by atoms with Gasteiger partial charge in [0.1, 0.15) is 6.61 Å². The molecule has 0 fully saturated rings. The van der Waals surface area contributed by atoms with Crippen molar-refractivity contribution >= 4 is 5.71 Å². The molecule has 3 N–H and O–H groups in total. The fraction of sp³-hybridized carbons (Fsp3) is 0.389. The lowest BCUT2D eigenvalue weighted by molar-refractivity contribution is 0.150. The average molecular weight is 315 g/mol. The topological polar surface area (TPSA) is 71.1 Å². The van der Waals surface area contributed by atoms with Crippen LogP contribution >= 0.6 is 0 Å². The molecule has 0 bridgehead atoms. The molecule has 0 saturated carbocycles. The molecule has 23 heavy (non-hydrogen) atoms. The van der Waals surface area contributed by atoms with E-state index in [1.54, 1.807) is 6.20 Å². The van der Waals surface area contributed by atoms with E-state index in [2.05, 4.69) is 31.6 Å². The van der Waals surface area contributed by atoms with Crippen LogP contribution in [0.4, 0.5) is 0 Å². The first-order valence-corrected chi connectivity index (χ1v) is 7.75. The Bertz CT molecular complexity index is 635. The van der Waals surface area contributed by atoms with Crippen LogP contribution in [0, 0.1) is 5.41 Å². The summed E-state index contributed by atoms with van der Waals surface area (Å²) in [5.41, 5.74) is 9.01. The van der Waals surface area contributed by atoms with Gasteiger partial charge in [0.2, 0.25) is 0 Å². The summed E-state index contributed by atoms with van der Waals surface area (Å²) in [7, 11) is 0. The first-order valence-electron chi connectivity index (χ1n) is 7.75. The van der Waals surface area contributed by atoms with E-state index in [9.17, 15) is 5.11 Å². The van der Waals surface area contributed by atoms with Gasteiger partial charge in [-0.25, -0.2) is 0 Å². The molecule has 0 spiro atoms. The molecule has 124 valence electrons. The van der Waals surface area contributed by atoms with E-state index in [1.165, 1.54) is 6.20 Å². The summed E-state index contributed by atoms with van der Waals surface area (Å²) in [5, 5.41) is 14.0. The Morgan fingerprint density at radius 1 is 1.48 bits per heavy atom. The molecular formula is C18H25N3O2. The normalized spacial score (nSPS) is 21.1. The number of aliphatic hydroxyl groups is 1. The maximum atomic E-state index is 9.62. The van der Waals surface area contributed by atoms with Gasteiger partial charge in [-0.1, -0.05) is 49.8 Å². The zero-order chi connectivity index (χ0) is 17.0. The number of hydrogen-bond donors (Lipinski definition) is 2. The van der Waals surface area contributed by atoms with Crippen LogP contribution in [0.3, 0.4) is 0 Å². The van der Waals surface area contributed by atoms with Gasteiger partial charge in [0.25, 0.3) is 0 Å². The Morgan fingerprint density at radius 2 is 2.17 bits per heavy atom. The molecule has 2 rings (SSSR count). The van der Waals surface area contributed by atoms with Crippen molar-refractivity contribution in [3.63, 3.8) is 0 Å². The first-order chi connectivity index (χ1) is 11.0. The number of nitrogens with two attached hydrogens (primary N) is 1. The Labute approximate surface area is 137 Å². The van der Waals surface area contributed by atoms with Crippen molar-refractivity contribution in [3.05, 3.63) is 60.1 Å². The van der Waals surface area contributed by atoms with Crippen LogP contribution in [-0.2, 0) is 4.84 Å². The van der Waals surface area contributed by atoms with Crippen LogP contribution < -0.4 is 5.73 Å². The highest BCUT2D eigenvalue weighted by atomic mass is 16.6. The standard InChI is InChI=1S/C18H25N3O2/c1-5-21(13(11-19)12-22)17-15-10-8-7-9-14(15)16(18(17,3)4)20-23-6-2/h5,7-11,17,22H,1,6,12,19H2,2-4H3/b13-11-,20-16+. The highest BCUT2D eigenvalue weighted by molar-refractivity contribution is 6.09. The van der Waals surface area contributed by atoms with Crippen molar-refractivity contribution in [2.24, 2.45) is 16.3 Å². The lowest BCUT2D eigenvalue weighted by Crippen LogP contribution is -2.36. The van der Waals surface area contributed by atoms with Crippen LogP contribution in [0.5, 0.6) is 0 Å². The second-order valence-electron chi connectivity index (χ2n) is 5.98. The van der Waals surface area contributed by atoms with Crippen LogP contribution in [-0.4, -0.2) is 28.9 Å². The van der Waals surface area contributed by atoms with Gasteiger partial charge in [0.05, 0.1) is 24.1 Å². The van der Waals surface area contributed by atoms with E-state index in [0.29, 0.717) is 12.3 Å². The molecule has 1 unspecified atom stereocenters. The lowest BCUT2D eigenvalue weighted by Gasteiger charge is -2.37. The molecule has 5 nitrogen and oxygen atoms in total. The predicted molar refractivity (Wildman–Crippen MR) is 92.5 cm³/mol. The number of benzene rings is 1. The summed E-state index contributed by atoms with van der Waals surface area (Å²) < 4.78 is 0. The molecule has 1 aromatic carbocycles. The van der Waals surface area contributed by atoms with Crippen LogP contribution in [0.1, 0.15) is 37.9 Å². The van der Waals surface area contributed by atoms with E-state index in [1.807, 2.05) is 30.0 Å². The van der Waals surface area contributed by atoms with Crippen LogP contribution in [0.25, 0.3) is 0 Å². The van der Waals surface area contributed by atoms with Gasteiger partial charge in [0.15, 0.2) is 0 Å². The summed E-state index contributed by atoms with van der Waals surface area (Å²) in [6, 6.07) is 8.02. The molecule has 0 amide bonds. The third kappa shape index (κ3) is 2.84. The minimum absolute atomic E-state index is 0.0719. The summed E-state index contributed by atoms with van der Waals surface area (Å²) in [6.07, 6.45) is 3.11. The summed E-state index contributed by atoms with van der Waals surface area (Å²) in [6.45, 7) is 10.4. The second kappa shape index (κ2) is 6.87. The molecule has 0 aliphatic heterocycles. The summed E-state index contributed by atoms with van der Waals surface area (Å²) in [4.78, 5) is 7.25. The predicted octanol–water partition coefficient (Wildman–Crippen LogP) is 2.75. The molecule has 0 heterocycles. The fourth-order valence-electron chi connectivity index (χ4n) is 3.22. The van der Waals surface area contributed by atoms with Crippen molar-refractivity contribution in [1.29, 1.82) is 0 Å². The number of nitrogens with zero attached hydrogens (tertiary/aromatic N) is 2. The van der Waals surface area contributed by atoms with Gasteiger partial charge in [0, 0.05) is 17.2 Å². The van der Waals surface area contributed by atoms with Gasteiger partial charge < -0.3 is 20.6 Å². The third-order valence-corrected chi connectivity index (χ3v) is 4.25. The summed E-state index contributed by atoms with van der Waals surface area (Å²) >= 11 is 0. The number of oxime groups is 1. The van der Waals surface area contributed by atoms with Crippen molar-refractivity contribution in [3.8, 4) is 0 Å². The van der Waals surface area contributed by atoms with Gasteiger partial charge in [-0.15, -0.1) is 0 Å². The minimum Gasteiger partial charge on any atom is -0.403 e. The van der Waals surface area contributed by atoms with Gasteiger partial charge in [-0.3, -0.25) is 0 Å². The largest absolute Gasteiger partial charge is 0.403 e. The Balaban J connectivity index is 2.62. The van der Waals surface area contributed by atoms with Gasteiger partial charge in [-0.2, -0.15) is 0 Å².